The second-order valence-corrected chi connectivity index (χ2v) is 8.79. The molecular formula is C18H29N3O2S. The minimum atomic E-state index is -2.94. The van der Waals surface area contributed by atoms with E-state index >= 15 is 0 Å². The average molecular weight is 352 g/mol. The van der Waals surface area contributed by atoms with Crippen LogP contribution in [0.3, 0.4) is 0 Å². The fourth-order valence-corrected chi connectivity index (χ4v) is 4.50. The zero-order valence-electron chi connectivity index (χ0n) is 15.3. The average Bonchev–Trinajstić information content (AvgIpc) is 2.88. The number of nitrogens with zero attached hydrogens (tertiary/aromatic N) is 3. The highest BCUT2D eigenvalue weighted by atomic mass is 32.2. The molecule has 0 saturated carbocycles. The van der Waals surface area contributed by atoms with Gasteiger partial charge in [-0.25, -0.2) is 13.4 Å². The number of aryl methyl sites for hydroxylation is 4. The van der Waals surface area contributed by atoms with Crippen molar-refractivity contribution in [3.8, 4) is 0 Å². The highest BCUT2D eigenvalue weighted by Gasteiger charge is 2.15. The molecule has 6 heteroatoms. The van der Waals surface area contributed by atoms with Gasteiger partial charge in [-0.15, -0.1) is 0 Å². The van der Waals surface area contributed by atoms with Crippen LogP contribution in [0, 0.1) is 13.8 Å². The van der Waals surface area contributed by atoms with Gasteiger partial charge in [0.2, 0.25) is 0 Å². The molecule has 0 aliphatic rings. The van der Waals surface area contributed by atoms with Crippen LogP contribution in [0.25, 0.3) is 11.0 Å². The van der Waals surface area contributed by atoms with E-state index in [1.165, 1.54) is 0 Å². The molecule has 0 unspecified atom stereocenters. The Bertz CT molecular complexity index is 794. The Balaban J connectivity index is 2.23. The van der Waals surface area contributed by atoms with Crippen molar-refractivity contribution in [3.05, 3.63) is 23.3 Å². The Morgan fingerprint density at radius 2 is 1.79 bits per heavy atom. The number of sulfone groups is 1. The molecule has 0 N–H and O–H groups in total. The molecule has 134 valence electrons. The largest absolute Gasteiger partial charge is 0.328 e. The van der Waals surface area contributed by atoms with Crippen LogP contribution in [-0.2, 0) is 22.8 Å². The first-order chi connectivity index (χ1) is 11.4. The van der Waals surface area contributed by atoms with E-state index in [1.807, 2.05) is 20.0 Å². The fourth-order valence-electron chi connectivity index (χ4n) is 2.99. The van der Waals surface area contributed by atoms with Gasteiger partial charge in [0.15, 0.2) is 0 Å². The fraction of sp³-hybridized carbons (Fsp3) is 0.667. The first-order valence-electron chi connectivity index (χ1n) is 8.91. The van der Waals surface area contributed by atoms with Gasteiger partial charge in [0, 0.05) is 18.7 Å². The summed E-state index contributed by atoms with van der Waals surface area (Å²) in [7, 11) is -2.94. The minimum Gasteiger partial charge on any atom is -0.328 e. The normalized spacial score (nSPS) is 12.2. The maximum absolute atomic E-state index is 12.1. The van der Waals surface area contributed by atoms with Crippen LogP contribution in [0.1, 0.15) is 56.6 Å². The van der Waals surface area contributed by atoms with E-state index in [-0.39, 0.29) is 5.75 Å². The number of unbranched alkanes of at least 4 members (excludes halogenated alkanes) is 1. The van der Waals surface area contributed by atoms with Gasteiger partial charge in [-0.3, -0.25) is 4.98 Å². The predicted molar refractivity (Wildman–Crippen MR) is 99.2 cm³/mol. The van der Waals surface area contributed by atoms with Gasteiger partial charge in [-0.2, -0.15) is 0 Å². The maximum atomic E-state index is 12.1. The number of rotatable bonds is 9. The highest BCUT2D eigenvalue weighted by Crippen LogP contribution is 2.22. The third-order valence-electron chi connectivity index (χ3n) is 4.47. The van der Waals surface area contributed by atoms with E-state index in [0.717, 1.165) is 53.8 Å². The monoisotopic (exact) mass is 351 g/mol. The smallest absolute Gasteiger partial charge is 0.150 e. The van der Waals surface area contributed by atoms with Gasteiger partial charge in [0.1, 0.15) is 21.2 Å². The molecule has 0 aliphatic heterocycles. The van der Waals surface area contributed by atoms with Crippen LogP contribution in [0.15, 0.2) is 6.20 Å². The number of imidazole rings is 1. The topological polar surface area (TPSA) is 64.8 Å². The molecule has 2 aromatic heterocycles. The van der Waals surface area contributed by atoms with Crippen molar-refractivity contribution in [2.75, 3.05) is 11.5 Å². The Kier molecular flexibility index (Phi) is 6.38. The Morgan fingerprint density at radius 1 is 1.08 bits per heavy atom. The lowest BCUT2D eigenvalue weighted by Crippen LogP contribution is -2.14. The Morgan fingerprint density at radius 3 is 2.46 bits per heavy atom. The first-order valence-corrected chi connectivity index (χ1v) is 10.7. The highest BCUT2D eigenvalue weighted by molar-refractivity contribution is 7.91. The van der Waals surface area contributed by atoms with E-state index < -0.39 is 9.84 Å². The van der Waals surface area contributed by atoms with Gasteiger partial charge < -0.3 is 4.57 Å². The Labute approximate surface area is 145 Å². The summed E-state index contributed by atoms with van der Waals surface area (Å²) in [6.45, 7) is 8.91. The summed E-state index contributed by atoms with van der Waals surface area (Å²) in [6.07, 6.45) is 6.04. The van der Waals surface area contributed by atoms with Gasteiger partial charge in [-0.1, -0.05) is 20.3 Å². The number of fused-ring (bicyclic) bond motifs is 1. The maximum Gasteiger partial charge on any atom is 0.150 e. The lowest BCUT2D eigenvalue weighted by Gasteiger charge is -2.11. The third-order valence-corrected chi connectivity index (χ3v) is 6.29. The summed E-state index contributed by atoms with van der Waals surface area (Å²) < 4.78 is 26.4. The number of hydrogen-bond acceptors (Lipinski definition) is 4. The summed E-state index contributed by atoms with van der Waals surface area (Å²) in [6, 6.07) is 0. The van der Waals surface area contributed by atoms with Gasteiger partial charge in [-0.05, 0) is 38.7 Å². The summed E-state index contributed by atoms with van der Waals surface area (Å²) in [5.74, 6) is 1.59. The van der Waals surface area contributed by atoms with E-state index in [4.69, 9.17) is 4.98 Å². The summed E-state index contributed by atoms with van der Waals surface area (Å²) >= 11 is 0. The van der Waals surface area contributed by atoms with Gasteiger partial charge in [0.05, 0.1) is 23.2 Å². The van der Waals surface area contributed by atoms with Crippen LogP contribution in [0.2, 0.25) is 0 Å². The van der Waals surface area contributed by atoms with Crippen LogP contribution < -0.4 is 0 Å². The summed E-state index contributed by atoms with van der Waals surface area (Å²) in [4.78, 5) is 9.12. The molecule has 0 bridgehead atoms. The molecular weight excluding hydrogens is 322 g/mol. The van der Waals surface area contributed by atoms with Crippen LogP contribution in [0.4, 0.5) is 0 Å². The zero-order valence-corrected chi connectivity index (χ0v) is 16.1. The summed E-state index contributed by atoms with van der Waals surface area (Å²) in [5, 5.41) is 0. The molecule has 2 rings (SSSR count). The molecule has 0 amide bonds. The van der Waals surface area contributed by atoms with Gasteiger partial charge in [0.25, 0.3) is 0 Å². The summed E-state index contributed by atoms with van der Waals surface area (Å²) in [5.41, 5.74) is 4.16. The molecule has 0 saturated heterocycles. The molecule has 2 heterocycles. The minimum absolute atomic E-state index is 0.251. The number of pyridine rings is 1. The molecule has 5 nitrogen and oxygen atoms in total. The predicted octanol–water partition coefficient (Wildman–Crippen LogP) is 3.61. The molecule has 0 fully saturated rings. The van der Waals surface area contributed by atoms with Crippen molar-refractivity contribution in [1.29, 1.82) is 0 Å². The van der Waals surface area contributed by atoms with E-state index in [9.17, 15) is 8.42 Å². The molecule has 0 spiro atoms. The molecule has 0 aromatic carbocycles. The first kappa shape index (κ1) is 18.9. The molecule has 24 heavy (non-hydrogen) atoms. The number of hydrogen-bond donors (Lipinski definition) is 0. The van der Waals surface area contributed by atoms with Crippen LogP contribution in [0.5, 0.6) is 0 Å². The lowest BCUT2D eigenvalue weighted by atomic mass is 10.2. The Hall–Kier alpha value is -1.43. The third kappa shape index (κ3) is 4.35. The van der Waals surface area contributed by atoms with E-state index in [2.05, 4.69) is 23.4 Å². The second-order valence-electron chi connectivity index (χ2n) is 6.49. The molecule has 0 radical (unpaired) electrons. The lowest BCUT2D eigenvalue weighted by molar-refractivity contribution is 0.581. The van der Waals surface area contributed by atoms with E-state index in [1.54, 1.807) is 0 Å². The van der Waals surface area contributed by atoms with Crippen molar-refractivity contribution < 1.29 is 8.42 Å². The molecule has 2 aromatic rings. The van der Waals surface area contributed by atoms with Crippen LogP contribution in [-0.4, -0.2) is 34.5 Å². The van der Waals surface area contributed by atoms with Crippen molar-refractivity contribution in [1.82, 2.24) is 14.5 Å². The van der Waals surface area contributed by atoms with Crippen molar-refractivity contribution >= 4 is 20.9 Å². The SMILES string of the molecule is CCCCS(=O)(=O)CCCn1c(CCC)nc2cnc(C)c(C)c21. The van der Waals surface area contributed by atoms with Crippen molar-refractivity contribution in [2.45, 2.75) is 66.3 Å². The quantitative estimate of drug-likeness (QED) is 0.692. The van der Waals surface area contributed by atoms with Crippen molar-refractivity contribution in [3.63, 3.8) is 0 Å². The second kappa shape index (κ2) is 8.10. The molecule has 0 aliphatic carbocycles. The van der Waals surface area contributed by atoms with Crippen molar-refractivity contribution in [2.24, 2.45) is 0 Å². The number of aromatic nitrogens is 3. The standard InChI is InChI=1S/C18H29N3O2S/c1-5-7-11-24(22,23)12-8-10-21-17(9-6-2)20-16-13-19-15(4)14(3)18(16)21/h13H,5-12H2,1-4H3. The zero-order chi connectivity index (χ0) is 17.7. The molecule has 0 atom stereocenters. The van der Waals surface area contributed by atoms with E-state index in [0.29, 0.717) is 18.7 Å². The van der Waals surface area contributed by atoms with Crippen LogP contribution >= 0.6 is 0 Å². The van der Waals surface area contributed by atoms with Gasteiger partial charge >= 0.3 is 0 Å².